The van der Waals surface area contributed by atoms with Crippen LogP contribution in [0.25, 0.3) is 11.1 Å². The molecule has 124 valence electrons. The molecule has 5 heteroatoms. The predicted octanol–water partition coefficient (Wildman–Crippen LogP) is 4.38. The van der Waals surface area contributed by atoms with Crippen molar-refractivity contribution < 1.29 is 4.79 Å². The standard InChI is InChI=1S/C20H16ClN3O/c21-15-6-4-12(5-7-15)19(25)18-11-24-20-17(18)9-14(10-23-20)13-2-1-3-16(22)8-13/h1-10,18H,11,22H2,(H,23,24). The van der Waals surface area contributed by atoms with Crippen molar-refractivity contribution in [1.82, 2.24) is 4.98 Å². The Morgan fingerprint density at radius 3 is 2.68 bits per heavy atom. The number of anilines is 2. The molecule has 0 saturated carbocycles. The summed E-state index contributed by atoms with van der Waals surface area (Å²) in [5.41, 5.74) is 10.1. The van der Waals surface area contributed by atoms with E-state index in [1.54, 1.807) is 30.5 Å². The highest BCUT2D eigenvalue weighted by molar-refractivity contribution is 6.30. The number of nitrogens with one attached hydrogen (secondary N) is 1. The first-order valence-electron chi connectivity index (χ1n) is 8.01. The fraction of sp³-hybridized carbons (Fsp3) is 0.100. The number of fused-ring (bicyclic) bond motifs is 1. The Balaban J connectivity index is 1.70. The highest BCUT2D eigenvalue weighted by atomic mass is 35.5. The van der Waals surface area contributed by atoms with Crippen LogP contribution in [0, 0.1) is 0 Å². The third-order valence-electron chi connectivity index (χ3n) is 4.43. The molecule has 1 aliphatic rings. The Morgan fingerprint density at radius 2 is 1.92 bits per heavy atom. The van der Waals surface area contributed by atoms with Crippen LogP contribution in [0.1, 0.15) is 21.8 Å². The number of ketones is 1. The Morgan fingerprint density at radius 1 is 1.12 bits per heavy atom. The molecule has 0 amide bonds. The Labute approximate surface area is 150 Å². The van der Waals surface area contributed by atoms with Crippen LogP contribution < -0.4 is 11.1 Å². The molecule has 0 spiro atoms. The second kappa shape index (κ2) is 6.22. The van der Waals surface area contributed by atoms with Crippen molar-refractivity contribution in [2.24, 2.45) is 0 Å². The quantitative estimate of drug-likeness (QED) is 0.544. The molecule has 0 saturated heterocycles. The van der Waals surface area contributed by atoms with E-state index in [-0.39, 0.29) is 11.7 Å². The molecule has 0 aliphatic carbocycles. The Hall–Kier alpha value is -2.85. The normalized spacial score (nSPS) is 15.5. The minimum atomic E-state index is -0.260. The molecule has 0 bridgehead atoms. The lowest BCUT2D eigenvalue weighted by molar-refractivity contribution is 0.0966. The van der Waals surface area contributed by atoms with E-state index < -0.39 is 0 Å². The first-order chi connectivity index (χ1) is 12.1. The molecule has 2 heterocycles. The Kier molecular flexibility index (Phi) is 3.90. The Bertz CT molecular complexity index is 953. The molecule has 0 fully saturated rings. The van der Waals surface area contributed by atoms with E-state index in [2.05, 4.69) is 10.3 Å². The van der Waals surface area contributed by atoms with E-state index >= 15 is 0 Å². The van der Waals surface area contributed by atoms with Crippen molar-refractivity contribution in [3.8, 4) is 11.1 Å². The van der Waals surface area contributed by atoms with Crippen molar-refractivity contribution in [3.63, 3.8) is 0 Å². The summed E-state index contributed by atoms with van der Waals surface area (Å²) in [6, 6.07) is 16.7. The van der Waals surface area contributed by atoms with Crippen molar-refractivity contribution in [2.75, 3.05) is 17.6 Å². The molecule has 3 aromatic rings. The smallest absolute Gasteiger partial charge is 0.172 e. The summed E-state index contributed by atoms with van der Waals surface area (Å²) in [5.74, 6) is 0.569. The molecule has 4 rings (SSSR count). The van der Waals surface area contributed by atoms with Gasteiger partial charge in [0.25, 0.3) is 0 Å². The first-order valence-corrected chi connectivity index (χ1v) is 8.39. The van der Waals surface area contributed by atoms with Crippen molar-refractivity contribution in [1.29, 1.82) is 0 Å². The van der Waals surface area contributed by atoms with E-state index in [0.717, 1.165) is 22.5 Å². The summed E-state index contributed by atoms with van der Waals surface area (Å²) in [5, 5.41) is 3.84. The van der Waals surface area contributed by atoms with E-state index in [0.29, 0.717) is 22.8 Å². The lowest BCUT2D eigenvalue weighted by atomic mass is 9.92. The van der Waals surface area contributed by atoms with E-state index in [1.807, 2.05) is 30.3 Å². The fourth-order valence-corrected chi connectivity index (χ4v) is 3.26. The number of carbonyl (C=O) groups is 1. The van der Waals surface area contributed by atoms with Gasteiger partial charge in [-0.1, -0.05) is 23.7 Å². The van der Waals surface area contributed by atoms with Gasteiger partial charge in [-0.3, -0.25) is 4.79 Å². The second-order valence-electron chi connectivity index (χ2n) is 6.09. The maximum Gasteiger partial charge on any atom is 0.172 e. The van der Waals surface area contributed by atoms with Crippen LogP contribution in [0.2, 0.25) is 5.02 Å². The van der Waals surface area contributed by atoms with Crippen molar-refractivity contribution in [2.45, 2.75) is 5.92 Å². The summed E-state index contributed by atoms with van der Waals surface area (Å²) in [4.78, 5) is 17.4. The maximum absolute atomic E-state index is 12.9. The average Bonchev–Trinajstić information content (AvgIpc) is 3.05. The minimum absolute atomic E-state index is 0.0643. The number of nitrogens with zero attached hydrogens (tertiary/aromatic N) is 1. The lowest BCUT2D eigenvalue weighted by Crippen LogP contribution is -2.14. The predicted molar refractivity (Wildman–Crippen MR) is 101 cm³/mol. The van der Waals surface area contributed by atoms with Crippen molar-refractivity contribution in [3.05, 3.63) is 76.9 Å². The summed E-state index contributed by atoms with van der Waals surface area (Å²) in [6.07, 6.45) is 1.80. The van der Waals surface area contributed by atoms with E-state index in [9.17, 15) is 4.79 Å². The molecular weight excluding hydrogens is 334 g/mol. The van der Waals surface area contributed by atoms with Crippen LogP contribution in [0.15, 0.2) is 60.8 Å². The molecular formula is C20H16ClN3O. The number of aromatic nitrogens is 1. The number of hydrogen-bond donors (Lipinski definition) is 2. The highest BCUT2D eigenvalue weighted by Gasteiger charge is 2.30. The van der Waals surface area contributed by atoms with Gasteiger partial charge in [0, 0.05) is 40.1 Å². The van der Waals surface area contributed by atoms with E-state index in [1.165, 1.54) is 0 Å². The van der Waals surface area contributed by atoms with Gasteiger partial charge in [0.1, 0.15) is 5.82 Å². The third-order valence-corrected chi connectivity index (χ3v) is 4.68. The first kappa shape index (κ1) is 15.7. The van der Waals surface area contributed by atoms with Crippen LogP contribution in [0.5, 0.6) is 0 Å². The number of benzene rings is 2. The molecule has 4 nitrogen and oxygen atoms in total. The largest absolute Gasteiger partial charge is 0.399 e. The molecule has 1 aliphatic heterocycles. The molecule has 1 aromatic heterocycles. The van der Waals surface area contributed by atoms with Crippen molar-refractivity contribution >= 4 is 28.9 Å². The molecule has 2 aromatic carbocycles. The third kappa shape index (κ3) is 2.96. The fourth-order valence-electron chi connectivity index (χ4n) is 3.13. The minimum Gasteiger partial charge on any atom is -0.399 e. The number of halogens is 1. The van der Waals surface area contributed by atoms with Gasteiger partial charge in [0.05, 0.1) is 5.92 Å². The van der Waals surface area contributed by atoms with Gasteiger partial charge in [-0.15, -0.1) is 0 Å². The van der Waals surface area contributed by atoms with Gasteiger partial charge in [-0.2, -0.15) is 0 Å². The summed E-state index contributed by atoms with van der Waals surface area (Å²) >= 11 is 5.91. The van der Waals surface area contributed by atoms with Crippen LogP contribution in [0.4, 0.5) is 11.5 Å². The van der Waals surface area contributed by atoms with E-state index in [4.69, 9.17) is 17.3 Å². The summed E-state index contributed by atoms with van der Waals surface area (Å²) in [6.45, 7) is 0.546. The van der Waals surface area contributed by atoms with Gasteiger partial charge in [0.15, 0.2) is 5.78 Å². The molecule has 1 unspecified atom stereocenters. The molecule has 1 atom stereocenters. The van der Waals surface area contributed by atoms with Crippen LogP contribution in [-0.2, 0) is 0 Å². The van der Waals surface area contributed by atoms with Gasteiger partial charge in [0.2, 0.25) is 0 Å². The summed E-state index contributed by atoms with van der Waals surface area (Å²) < 4.78 is 0. The van der Waals surface area contributed by atoms with Gasteiger partial charge < -0.3 is 11.1 Å². The SMILES string of the molecule is Nc1cccc(-c2cnc3c(c2)C(C(=O)c2ccc(Cl)cc2)CN3)c1. The number of rotatable bonds is 3. The zero-order valence-electron chi connectivity index (χ0n) is 13.4. The second-order valence-corrected chi connectivity index (χ2v) is 6.53. The number of nitrogen functional groups attached to an aromatic ring is 1. The topological polar surface area (TPSA) is 68.0 Å². The number of nitrogens with two attached hydrogens (primary N) is 1. The molecule has 0 radical (unpaired) electrons. The number of pyridine rings is 1. The van der Waals surface area contributed by atoms with Gasteiger partial charge >= 0.3 is 0 Å². The molecule has 25 heavy (non-hydrogen) atoms. The molecule has 3 N–H and O–H groups in total. The maximum atomic E-state index is 12.9. The van der Waals surface area contributed by atoms with Crippen LogP contribution in [-0.4, -0.2) is 17.3 Å². The number of carbonyl (C=O) groups excluding carboxylic acids is 1. The lowest BCUT2D eigenvalue weighted by Gasteiger charge is -2.11. The van der Waals surface area contributed by atoms with Crippen LogP contribution in [0.3, 0.4) is 0 Å². The number of Topliss-reactive ketones (excluding diaryl/α,β-unsaturated/α-hetero) is 1. The monoisotopic (exact) mass is 349 g/mol. The van der Waals surface area contributed by atoms with Gasteiger partial charge in [-0.25, -0.2) is 4.98 Å². The number of hydrogen-bond acceptors (Lipinski definition) is 4. The zero-order chi connectivity index (χ0) is 17.4. The highest BCUT2D eigenvalue weighted by Crippen LogP contribution is 2.35. The van der Waals surface area contributed by atoms with Crippen LogP contribution >= 0.6 is 11.6 Å². The average molecular weight is 350 g/mol. The zero-order valence-corrected chi connectivity index (χ0v) is 14.1. The summed E-state index contributed by atoms with van der Waals surface area (Å²) in [7, 11) is 0. The van der Waals surface area contributed by atoms with Gasteiger partial charge in [-0.05, 0) is 48.0 Å².